The van der Waals surface area contributed by atoms with E-state index in [2.05, 4.69) is 59.0 Å². The van der Waals surface area contributed by atoms with E-state index in [0.717, 1.165) is 31.6 Å². The Balaban J connectivity index is 1.83. The summed E-state index contributed by atoms with van der Waals surface area (Å²) in [5.74, 6) is 0.941. The van der Waals surface area contributed by atoms with Gasteiger partial charge in [0.25, 0.3) is 0 Å². The number of hydrogen-bond acceptors (Lipinski definition) is 4. The zero-order chi connectivity index (χ0) is 13.9. The first-order valence-corrected chi connectivity index (χ1v) is 7.37. The molecule has 0 bridgehead atoms. The van der Waals surface area contributed by atoms with E-state index in [1.54, 1.807) is 0 Å². The highest BCUT2D eigenvalue weighted by molar-refractivity contribution is 5.30. The van der Waals surface area contributed by atoms with Crippen LogP contribution in [-0.2, 0) is 12.8 Å². The van der Waals surface area contributed by atoms with Crippen LogP contribution in [0.2, 0.25) is 0 Å². The second-order valence-corrected chi connectivity index (χ2v) is 5.43. The topological polar surface area (TPSA) is 55.6 Å². The molecule has 0 saturated carbocycles. The molecule has 5 nitrogen and oxygen atoms in total. The van der Waals surface area contributed by atoms with Gasteiger partial charge in [-0.25, -0.2) is 4.68 Å². The molecule has 1 aliphatic rings. The third kappa shape index (κ3) is 2.45. The van der Waals surface area contributed by atoms with Gasteiger partial charge >= 0.3 is 0 Å². The van der Waals surface area contributed by atoms with Gasteiger partial charge in [0.05, 0.1) is 12.1 Å². The lowest BCUT2D eigenvalue weighted by atomic mass is 9.88. The summed E-state index contributed by atoms with van der Waals surface area (Å²) in [5.41, 5.74) is 2.90. The SMILES string of the molecule is CCNC(C)c1nnnn1C1CCc2ccccc2C1. The van der Waals surface area contributed by atoms with Gasteiger partial charge in [-0.2, -0.15) is 0 Å². The first kappa shape index (κ1) is 13.2. The van der Waals surface area contributed by atoms with Crippen molar-refractivity contribution in [1.82, 2.24) is 25.5 Å². The molecule has 0 fully saturated rings. The van der Waals surface area contributed by atoms with Crippen molar-refractivity contribution >= 4 is 0 Å². The highest BCUT2D eigenvalue weighted by atomic mass is 15.6. The minimum absolute atomic E-state index is 0.187. The lowest BCUT2D eigenvalue weighted by Gasteiger charge is -2.26. The van der Waals surface area contributed by atoms with Gasteiger partial charge in [0.1, 0.15) is 0 Å². The molecule has 1 aromatic heterocycles. The van der Waals surface area contributed by atoms with Crippen LogP contribution in [0.5, 0.6) is 0 Å². The van der Waals surface area contributed by atoms with Gasteiger partial charge in [0.15, 0.2) is 5.82 Å². The molecule has 1 heterocycles. The Kier molecular flexibility index (Phi) is 3.78. The fourth-order valence-corrected chi connectivity index (χ4v) is 3.03. The molecule has 0 aliphatic heterocycles. The number of benzene rings is 1. The third-order valence-corrected chi connectivity index (χ3v) is 4.08. The summed E-state index contributed by atoms with van der Waals surface area (Å²) < 4.78 is 2.02. The highest BCUT2D eigenvalue weighted by Crippen LogP contribution is 2.29. The van der Waals surface area contributed by atoms with Crippen molar-refractivity contribution in [2.24, 2.45) is 0 Å². The van der Waals surface area contributed by atoms with Crippen LogP contribution in [0.25, 0.3) is 0 Å². The smallest absolute Gasteiger partial charge is 0.168 e. The number of rotatable bonds is 4. The van der Waals surface area contributed by atoms with Crippen molar-refractivity contribution in [3.8, 4) is 0 Å². The summed E-state index contributed by atoms with van der Waals surface area (Å²) >= 11 is 0. The maximum atomic E-state index is 4.23. The van der Waals surface area contributed by atoms with Crippen molar-refractivity contribution in [3.05, 3.63) is 41.2 Å². The van der Waals surface area contributed by atoms with Crippen molar-refractivity contribution in [1.29, 1.82) is 0 Å². The Labute approximate surface area is 119 Å². The van der Waals surface area contributed by atoms with Crippen molar-refractivity contribution in [2.75, 3.05) is 6.54 Å². The maximum absolute atomic E-state index is 4.23. The van der Waals surface area contributed by atoms with E-state index in [-0.39, 0.29) is 6.04 Å². The van der Waals surface area contributed by atoms with Gasteiger partial charge < -0.3 is 5.32 Å². The minimum atomic E-state index is 0.187. The van der Waals surface area contributed by atoms with E-state index in [4.69, 9.17) is 0 Å². The first-order chi connectivity index (χ1) is 9.79. The third-order valence-electron chi connectivity index (χ3n) is 4.08. The van der Waals surface area contributed by atoms with E-state index in [9.17, 15) is 0 Å². The molecule has 1 N–H and O–H groups in total. The summed E-state index contributed by atoms with van der Waals surface area (Å²) in [7, 11) is 0. The zero-order valence-electron chi connectivity index (χ0n) is 12.1. The second kappa shape index (κ2) is 5.71. The van der Waals surface area contributed by atoms with Crippen LogP contribution in [0.4, 0.5) is 0 Å². The molecular weight excluding hydrogens is 250 g/mol. The lowest BCUT2D eigenvalue weighted by molar-refractivity contribution is 0.369. The minimum Gasteiger partial charge on any atom is -0.308 e. The average Bonchev–Trinajstić information content (AvgIpc) is 2.96. The van der Waals surface area contributed by atoms with Gasteiger partial charge in [-0.1, -0.05) is 31.2 Å². The molecule has 2 atom stereocenters. The van der Waals surface area contributed by atoms with E-state index < -0.39 is 0 Å². The van der Waals surface area contributed by atoms with Gasteiger partial charge in [-0.05, 0) is 54.3 Å². The molecular formula is C15H21N5. The van der Waals surface area contributed by atoms with Gasteiger partial charge in [-0.15, -0.1) is 5.10 Å². The maximum Gasteiger partial charge on any atom is 0.168 e. The molecule has 0 spiro atoms. The molecule has 5 heteroatoms. The number of aromatic nitrogens is 4. The predicted octanol–water partition coefficient (Wildman–Crippen LogP) is 2.07. The van der Waals surface area contributed by atoms with Crippen LogP contribution < -0.4 is 5.32 Å². The van der Waals surface area contributed by atoms with E-state index in [1.807, 2.05) is 4.68 Å². The number of nitrogens with zero attached hydrogens (tertiary/aromatic N) is 4. The number of nitrogens with one attached hydrogen (secondary N) is 1. The van der Waals surface area contributed by atoms with E-state index in [1.165, 1.54) is 11.1 Å². The molecule has 0 saturated heterocycles. The van der Waals surface area contributed by atoms with Crippen LogP contribution in [0.3, 0.4) is 0 Å². The van der Waals surface area contributed by atoms with Crippen LogP contribution >= 0.6 is 0 Å². The molecule has 3 rings (SSSR count). The van der Waals surface area contributed by atoms with Crippen molar-refractivity contribution in [2.45, 2.75) is 45.2 Å². The summed E-state index contributed by atoms with van der Waals surface area (Å²) in [6.45, 7) is 5.13. The number of hydrogen-bond donors (Lipinski definition) is 1. The second-order valence-electron chi connectivity index (χ2n) is 5.43. The molecule has 1 aromatic carbocycles. The monoisotopic (exact) mass is 271 g/mol. The van der Waals surface area contributed by atoms with Gasteiger partial charge in [0, 0.05) is 0 Å². The van der Waals surface area contributed by atoms with E-state index >= 15 is 0 Å². The Hall–Kier alpha value is -1.75. The van der Waals surface area contributed by atoms with Crippen LogP contribution in [0.15, 0.2) is 24.3 Å². The van der Waals surface area contributed by atoms with Gasteiger partial charge in [-0.3, -0.25) is 0 Å². The van der Waals surface area contributed by atoms with Crippen LogP contribution in [-0.4, -0.2) is 26.8 Å². The molecule has 0 amide bonds. The number of tetrazole rings is 1. The molecule has 20 heavy (non-hydrogen) atoms. The van der Waals surface area contributed by atoms with Crippen LogP contribution in [0.1, 0.15) is 49.3 Å². The van der Waals surface area contributed by atoms with Crippen molar-refractivity contribution < 1.29 is 0 Å². The molecule has 2 aromatic rings. The summed E-state index contributed by atoms with van der Waals surface area (Å²) in [5, 5.41) is 15.7. The first-order valence-electron chi connectivity index (χ1n) is 7.37. The Morgan fingerprint density at radius 3 is 2.95 bits per heavy atom. The van der Waals surface area contributed by atoms with Gasteiger partial charge in [0.2, 0.25) is 0 Å². The molecule has 106 valence electrons. The zero-order valence-corrected chi connectivity index (χ0v) is 12.1. The quantitative estimate of drug-likeness (QED) is 0.925. The number of fused-ring (bicyclic) bond motifs is 1. The van der Waals surface area contributed by atoms with Crippen molar-refractivity contribution in [3.63, 3.8) is 0 Å². The Morgan fingerprint density at radius 1 is 1.35 bits per heavy atom. The fourth-order valence-electron chi connectivity index (χ4n) is 3.03. The average molecular weight is 271 g/mol. The van der Waals surface area contributed by atoms with E-state index in [0.29, 0.717) is 6.04 Å². The summed E-state index contributed by atoms with van der Waals surface area (Å²) in [6, 6.07) is 9.24. The summed E-state index contributed by atoms with van der Waals surface area (Å²) in [4.78, 5) is 0. The highest BCUT2D eigenvalue weighted by Gasteiger charge is 2.24. The standard InChI is InChI=1S/C15H21N5/c1-3-16-11(2)15-17-18-19-20(15)14-9-8-12-6-4-5-7-13(12)10-14/h4-7,11,14,16H,3,8-10H2,1-2H3. The lowest BCUT2D eigenvalue weighted by Crippen LogP contribution is -2.26. The van der Waals surface area contributed by atoms with Crippen LogP contribution in [0, 0.1) is 0 Å². The predicted molar refractivity (Wildman–Crippen MR) is 77.4 cm³/mol. The normalized spacial score (nSPS) is 19.6. The molecule has 0 radical (unpaired) electrons. The Morgan fingerprint density at radius 2 is 2.15 bits per heavy atom. The fraction of sp³-hybridized carbons (Fsp3) is 0.533. The Bertz CT molecular complexity index is 577. The largest absolute Gasteiger partial charge is 0.308 e. The molecule has 2 unspecified atom stereocenters. The molecule has 1 aliphatic carbocycles. The summed E-state index contributed by atoms with van der Waals surface area (Å²) in [6.07, 6.45) is 3.23. The number of aryl methyl sites for hydroxylation is 1.